The van der Waals surface area contributed by atoms with Crippen LogP contribution in [0.4, 0.5) is 13.2 Å². The standard InChI is InChI=1S/C12H18F3NO5/c1-8(10(18)16-3-5-20-6-4-16)21-9(17)7-11(2,19)12(13,14)15/h8,19H,3-7H2,1-2H3. The Morgan fingerprint density at radius 2 is 1.86 bits per heavy atom. The molecule has 1 saturated heterocycles. The number of carbonyl (C=O) groups excluding carboxylic acids is 2. The summed E-state index contributed by atoms with van der Waals surface area (Å²) < 4.78 is 47.0. The van der Waals surface area contributed by atoms with Crippen LogP contribution >= 0.6 is 0 Å². The summed E-state index contributed by atoms with van der Waals surface area (Å²) in [4.78, 5) is 24.7. The van der Waals surface area contributed by atoms with E-state index in [0.29, 0.717) is 33.2 Å². The lowest BCUT2D eigenvalue weighted by atomic mass is 10.0. The summed E-state index contributed by atoms with van der Waals surface area (Å²) in [6.07, 6.45) is -7.43. The summed E-state index contributed by atoms with van der Waals surface area (Å²) in [5.41, 5.74) is -3.19. The highest BCUT2D eigenvalue weighted by atomic mass is 19.4. The molecule has 9 heteroatoms. The van der Waals surface area contributed by atoms with Gasteiger partial charge in [0.15, 0.2) is 11.7 Å². The second kappa shape index (κ2) is 6.61. The number of ether oxygens (including phenoxy) is 2. The number of alkyl halides is 3. The van der Waals surface area contributed by atoms with Crippen LogP contribution in [0, 0.1) is 0 Å². The molecule has 1 amide bonds. The number of morpholine rings is 1. The van der Waals surface area contributed by atoms with Gasteiger partial charge in [-0.3, -0.25) is 9.59 Å². The molecule has 0 aromatic heterocycles. The van der Waals surface area contributed by atoms with E-state index in [0.717, 1.165) is 0 Å². The average molecular weight is 313 g/mol. The minimum absolute atomic E-state index is 0.334. The van der Waals surface area contributed by atoms with Gasteiger partial charge >= 0.3 is 12.1 Å². The molecule has 0 aromatic rings. The molecule has 0 spiro atoms. The molecule has 1 fully saturated rings. The fourth-order valence-electron chi connectivity index (χ4n) is 1.71. The van der Waals surface area contributed by atoms with Crippen LogP contribution in [0.2, 0.25) is 0 Å². The molecule has 122 valence electrons. The fourth-order valence-corrected chi connectivity index (χ4v) is 1.71. The maximum Gasteiger partial charge on any atom is 0.417 e. The predicted molar refractivity (Wildman–Crippen MR) is 64.2 cm³/mol. The van der Waals surface area contributed by atoms with Crippen molar-refractivity contribution in [2.45, 2.75) is 38.1 Å². The summed E-state index contributed by atoms with van der Waals surface area (Å²) in [5.74, 6) is -1.79. The minimum atomic E-state index is -4.95. The molecule has 0 radical (unpaired) electrons. The number of esters is 1. The molecule has 1 heterocycles. The Labute approximate surface area is 119 Å². The van der Waals surface area contributed by atoms with Crippen LogP contribution in [-0.2, 0) is 19.1 Å². The highest BCUT2D eigenvalue weighted by molar-refractivity contribution is 5.83. The molecule has 2 unspecified atom stereocenters. The fraction of sp³-hybridized carbons (Fsp3) is 0.833. The van der Waals surface area contributed by atoms with Crippen LogP contribution in [0.1, 0.15) is 20.3 Å². The lowest BCUT2D eigenvalue weighted by molar-refractivity contribution is -0.256. The Kier molecular flexibility index (Phi) is 5.57. The molecule has 21 heavy (non-hydrogen) atoms. The second-order valence-electron chi connectivity index (χ2n) is 5.02. The van der Waals surface area contributed by atoms with Gasteiger partial charge in [-0.25, -0.2) is 0 Å². The number of hydrogen-bond acceptors (Lipinski definition) is 5. The topological polar surface area (TPSA) is 76.1 Å². The molecule has 2 atom stereocenters. The van der Waals surface area contributed by atoms with Gasteiger partial charge in [0, 0.05) is 13.1 Å². The SMILES string of the molecule is CC(OC(=O)CC(C)(O)C(F)(F)F)C(=O)N1CCOCC1. The van der Waals surface area contributed by atoms with E-state index >= 15 is 0 Å². The zero-order valence-electron chi connectivity index (χ0n) is 11.8. The lowest BCUT2D eigenvalue weighted by Gasteiger charge is -2.29. The minimum Gasteiger partial charge on any atom is -0.452 e. The van der Waals surface area contributed by atoms with E-state index < -0.39 is 36.2 Å². The van der Waals surface area contributed by atoms with Gasteiger partial charge in [0.25, 0.3) is 5.91 Å². The smallest absolute Gasteiger partial charge is 0.417 e. The first-order valence-electron chi connectivity index (χ1n) is 6.40. The number of amides is 1. The third-order valence-electron chi connectivity index (χ3n) is 3.08. The van der Waals surface area contributed by atoms with Crippen molar-refractivity contribution in [1.29, 1.82) is 0 Å². The second-order valence-corrected chi connectivity index (χ2v) is 5.02. The zero-order valence-corrected chi connectivity index (χ0v) is 11.8. The van der Waals surface area contributed by atoms with Crippen molar-refractivity contribution >= 4 is 11.9 Å². The van der Waals surface area contributed by atoms with Crippen LogP contribution in [0.25, 0.3) is 0 Å². The Hall–Kier alpha value is -1.35. The molecular weight excluding hydrogens is 295 g/mol. The zero-order chi connectivity index (χ0) is 16.3. The summed E-state index contributed by atoms with van der Waals surface area (Å²) in [5, 5.41) is 9.18. The molecule has 1 aliphatic heterocycles. The average Bonchev–Trinajstić information content (AvgIpc) is 2.36. The lowest BCUT2D eigenvalue weighted by Crippen LogP contribution is -2.47. The van der Waals surface area contributed by atoms with E-state index in [1.54, 1.807) is 0 Å². The number of carbonyl (C=O) groups is 2. The first-order valence-corrected chi connectivity index (χ1v) is 6.40. The van der Waals surface area contributed by atoms with Gasteiger partial charge in [0.2, 0.25) is 0 Å². The summed E-state index contributed by atoms with van der Waals surface area (Å²) >= 11 is 0. The van der Waals surface area contributed by atoms with Gasteiger partial charge in [-0.1, -0.05) is 0 Å². The summed E-state index contributed by atoms with van der Waals surface area (Å²) in [6, 6.07) is 0. The van der Waals surface area contributed by atoms with Crippen molar-refractivity contribution in [2.75, 3.05) is 26.3 Å². The summed E-state index contributed by atoms with van der Waals surface area (Å²) in [7, 11) is 0. The van der Waals surface area contributed by atoms with E-state index in [1.165, 1.54) is 11.8 Å². The van der Waals surface area contributed by atoms with Gasteiger partial charge < -0.3 is 19.5 Å². The van der Waals surface area contributed by atoms with Crippen LogP contribution in [0.15, 0.2) is 0 Å². The van der Waals surface area contributed by atoms with Gasteiger partial charge in [-0.05, 0) is 13.8 Å². The summed E-state index contributed by atoms with van der Waals surface area (Å²) in [6.45, 7) is 3.13. The molecule has 1 N–H and O–H groups in total. The Morgan fingerprint density at radius 3 is 2.33 bits per heavy atom. The van der Waals surface area contributed by atoms with Crippen LogP contribution in [0.3, 0.4) is 0 Å². The van der Waals surface area contributed by atoms with Crippen molar-refractivity contribution < 1.29 is 37.3 Å². The first kappa shape index (κ1) is 17.7. The van der Waals surface area contributed by atoms with Gasteiger partial charge in [-0.2, -0.15) is 13.2 Å². The Balaban J connectivity index is 2.52. The van der Waals surface area contributed by atoms with E-state index in [2.05, 4.69) is 4.74 Å². The highest BCUT2D eigenvalue weighted by Gasteiger charge is 2.51. The van der Waals surface area contributed by atoms with Crippen molar-refractivity contribution in [3.63, 3.8) is 0 Å². The third kappa shape index (κ3) is 4.85. The monoisotopic (exact) mass is 313 g/mol. The number of halogens is 3. The van der Waals surface area contributed by atoms with Gasteiger partial charge in [0.05, 0.1) is 19.6 Å². The van der Waals surface area contributed by atoms with Gasteiger partial charge in [0.1, 0.15) is 0 Å². The maximum absolute atomic E-state index is 12.4. The van der Waals surface area contributed by atoms with Crippen LogP contribution in [0.5, 0.6) is 0 Å². The predicted octanol–water partition coefficient (Wildman–Crippen LogP) is 0.480. The highest BCUT2D eigenvalue weighted by Crippen LogP contribution is 2.32. The molecular formula is C12H18F3NO5. The van der Waals surface area contributed by atoms with E-state index in [-0.39, 0.29) is 0 Å². The van der Waals surface area contributed by atoms with E-state index in [1.807, 2.05) is 0 Å². The number of hydrogen-bond donors (Lipinski definition) is 1. The normalized spacial score (nSPS) is 20.6. The van der Waals surface area contributed by atoms with Crippen molar-refractivity contribution in [3.8, 4) is 0 Å². The molecule has 0 aromatic carbocycles. The van der Waals surface area contributed by atoms with Gasteiger partial charge in [-0.15, -0.1) is 0 Å². The largest absolute Gasteiger partial charge is 0.452 e. The molecule has 0 saturated carbocycles. The molecule has 1 rings (SSSR count). The van der Waals surface area contributed by atoms with E-state index in [4.69, 9.17) is 4.74 Å². The number of rotatable bonds is 4. The third-order valence-corrected chi connectivity index (χ3v) is 3.08. The first-order chi connectivity index (χ1) is 9.54. The quantitative estimate of drug-likeness (QED) is 0.764. The van der Waals surface area contributed by atoms with Crippen LogP contribution < -0.4 is 0 Å². The van der Waals surface area contributed by atoms with E-state index in [9.17, 15) is 27.9 Å². The maximum atomic E-state index is 12.4. The Bertz CT molecular complexity index is 391. The molecule has 0 bridgehead atoms. The Morgan fingerprint density at radius 1 is 1.33 bits per heavy atom. The van der Waals surface area contributed by atoms with Crippen LogP contribution in [-0.4, -0.2) is 66.1 Å². The van der Waals surface area contributed by atoms with Crippen molar-refractivity contribution in [3.05, 3.63) is 0 Å². The van der Waals surface area contributed by atoms with Crippen molar-refractivity contribution in [1.82, 2.24) is 4.90 Å². The number of nitrogens with zero attached hydrogens (tertiary/aromatic N) is 1. The number of aliphatic hydroxyl groups is 1. The molecule has 0 aliphatic carbocycles. The molecule has 6 nitrogen and oxygen atoms in total. The van der Waals surface area contributed by atoms with Crippen molar-refractivity contribution in [2.24, 2.45) is 0 Å². The molecule has 1 aliphatic rings.